The first-order chi connectivity index (χ1) is 11.3. The third-order valence-corrected chi connectivity index (χ3v) is 4.15. The molecule has 23 heavy (non-hydrogen) atoms. The van der Waals surface area contributed by atoms with Crippen molar-refractivity contribution in [3.63, 3.8) is 0 Å². The molecule has 0 amide bonds. The van der Waals surface area contributed by atoms with Crippen LogP contribution in [0.1, 0.15) is 24.3 Å². The molecule has 128 valence electrons. The van der Waals surface area contributed by atoms with Crippen molar-refractivity contribution in [1.82, 2.24) is 10.2 Å². The van der Waals surface area contributed by atoms with Crippen LogP contribution in [0.25, 0.3) is 0 Å². The molecule has 2 rings (SSSR count). The van der Waals surface area contributed by atoms with Gasteiger partial charge in [0.1, 0.15) is 0 Å². The number of likely N-dealkylation sites (tertiary alicyclic amines) is 1. The van der Waals surface area contributed by atoms with Gasteiger partial charge < -0.3 is 19.7 Å². The number of hydrogen-bond donors (Lipinski definition) is 1. The Hall–Kier alpha value is -1.59. The van der Waals surface area contributed by atoms with Gasteiger partial charge in [-0.05, 0) is 18.4 Å². The number of guanidine groups is 1. The molecule has 1 unspecified atom stereocenters. The first kappa shape index (κ1) is 17.8. The summed E-state index contributed by atoms with van der Waals surface area (Å²) < 4.78 is 10.4. The van der Waals surface area contributed by atoms with E-state index in [-0.39, 0.29) is 0 Å². The second-order valence-electron chi connectivity index (χ2n) is 5.78. The highest BCUT2D eigenvalue weighted by molar-refractivity contribution is 5.80. The van der Waals surface area contributed by atoms with Crippen molar-refractivity contribution in [2.45, 2.75) is 18.8 Å². The fourth-order valence-electron chi connectivity index (χ4n) is 2.90. The molecule has 0 aromatic heterocycles. The molecule has 1 fully saturated rings. The highest BCUT2D eigenvalue weighted by atomic mass is 16.5. The largest absolute Gasteiger partial charge is 0.382 e. The molecule has 1 aliphatic rings. The average Bonchev–Trinajstić information content (AvgIpc) is 3.08. The van der Waals surface area contributed by atoms with Crippen molar-refractivity contribution in [3.05, 3.63) is 35.9 Å². The number of ether oxygens (including phenoxy) is 2. The van der Waals surface area contributed by atoms with Crippen molar-refractivity contribution in [1.29, 1.82) is 0 Å². The highest BCUT2D eigenvalue weighted by Gasteiger charge is 2.25. The summed E-state index contributed by atoms with van der Waals surface area (Å²) in [4.78, 5) is 6.77. The number of hydrogen-bond acceptors (Lipinski definition) is 3. The number of nitrogens with zero attached hydrogens (tertiary/aromatic N) is 2. The lowest BCUT2D eigenvalue weighted by Gasteiger charge is -2.21. The predicted molar refractivity (Wildman–Crippen MR) is 94.0 cm³/mol. The van der Waals surface area contributed by atoms with Gasteiger partial charge in [-0.2, -0.15) is 0 Å². The van der Waals surface area contributed by atoms with Gasteiger partial charge in [0.2, 0.25) is 0 Å². The van der Waals surface area contributed by atoms with Gasteiger partial charge in [-0.25, -0.2) is 0 Å². The summed E-state index contributed by atoms with van der Waals surface area (Å²) in [6.07, 6.45) is 2.16. The summed E-state index contributed by atoms with van der Waals surface area (Å²) in [5, 5.41) is 3.44. The van der Waals surface area contributed by atoms with Crippen LogP contribution < -0.4 is 5.32 Å². The zero-order chi connectivity index (χ0) is 16.3. The third kappa shape index (κ3) is 5.84. The van der Waals surface area contributed by atoms with Crippen LogP contribution in [0.4, 0.5) is 0 Å². The van der Waals surface area contributed by atoms with Crippen molar-refractivity contribution in [2.75, 3.05) is 53.6 Å². The van der Waals surface area contributed by atoms with Crippen LogP contribution in [0.5, 0.6) is 0 Å². The molecule has 1 aliphatic heterocycles. The molecule has 0 spiro atoms. The van der Waals surface area contributed by atoms with E-state index < -0.39 is 0 Å². The molecule has 5 nitrogen and oxygen atoms in total. The highest BCUT2D eigenvalue weighted by Crippen LogP contribution is 2.26. The summed E-state index contributed by atoms with van der Waals surface area (Å²) in [5.74, 6) is 1.60. The van der Waals surface area contributed by atoms with Crippen LogP contribution >= 0.6 is 0 Å². The molecule has 0 radical (unpaired) electrons. The fraction of sp³-hybridized carbons (Fsp3) is 0.611. The van der Waals surface area contributed by atoms with Gasteiger partial charge in [0.05, 0.1) is 13.2 Å². The van der Waals surface area contributed by atoms with Crippen LogP contribution in [0, 0.1) is 0 Å². The van der Waals surface area contributed by atoms with Gasteiger partial charge in [0.25, 0.3) is 0 Å². The van der Waals surface area contributed by atoms with Gasteiger partial charge in [0, 0.05) is 46.3 Å². The van der Waals surface area contributed by atoms with Crippen molar-refractivity contribution < 1.29 is 9.47 Å². The summed E-state index contributed by atoms with van der Waals surface area (Å²) in [6, 6.07) is 10.8. The molecule has 1 aromatic rings. The first-order valence-corrected chi connectivity index (χ1v) is 8.42. The molecular formula is C18H29N3O2. The molecular weight excluding hydrogens is 290 g/mol. The average molecular weight is 319 g/mol. The van der Waals surface area contributed by atoms with Crippen LogP contribution in [-0.2, 0) is 9.47 Å². The maximum absolute atomic E-state index is 5.47. The molecule has 1 N–H and O–H groups in total. The minimum absolute atomic E-state index is 0.604. The Balaban J connectivity index is 1.68. The minimum atomic E-state index is 0.604. The van der Waals surface area contributed by atoms with Gasteiger partial charge in [0.15, 0.2) is 5.96 Å². The Kier molecular flexibility index (Phi) is 7.90. The van der Waals surface area contributed by atoms with Gasteiger partial charge >= 0.3 is 0 Å². The number of aliphatic imine (C=N–C) groups is 1. The number of methoxy groups -OCH3 is 1. The fourth-order valence-corrected chi connectivity index (χ4v) is 2.90. The van der Waals surface area contributed by atoms with E-state index in [0.717, 1.165) is 38.6 Å². The Morgan fingerprint density at radius 3 is 2.83 bits per heavy atom. The Morgan fingerprint density at radius 1 is 1.26 bits per heavy atom. The molecule has 0 bridgehead atoms. The minimum Gasteiger partial charge on any atom is -0.382 e. The van der Waals surface area contributed by atoms with Crippen LogP contribution in [0.2, 0.25) is 0 Å². The van der Waals surface area contributed by atoms with Gasteiger partial charge in [-0.1, -0.05) is 30.3 Å². The van der Waals surface area contributed by atoms with E-state index in [0.29, 0.717) is 19.1 Å². The topological polar surface area (TPSA) is 46.1 Å². The summed E-state index contributed by atoms with van der Waals surface area (Å²) in [7, 11) is 3.54. The van der Waals surface area contributed by atoms with E-state index in [4.69, 9.17) is 9.47 Å². The lowest BCUT2D eigenvalue weighted by molar-refractivity contribution is 0.0698. The Labute approximate surface area is 139 Å². The standard InChI is InChI=1S/C18H29N3O2/c1-19-18(20-10-6-12-23-14-13-22-2)21-11-9-17(15-21)16-7-4-3-5-8-16/h3-5,7-8,17H,6,9-15H2,1-2H3,(H,19,20). The monoisotopic (exact) mass is 319 g/mol. The number of benzene rings is 1. The van der Waals surface area contributed by atoms with E-state index >= 15 is 0 Å². The molecule has 1 aromatic carbocycles. The Bertz CT molecular complexity index is 465. The SMILES string of the molecule is CN=C(NCCCOCCOC)N1CCC(c2ccccc2)C1. The van der Waals surface area contributed by atoms with Crippen molar-refractivity contribution in [2.24, 2.45) is 4.99 Å². The number of nitrogens with one attached hydrogen (secondary N) is 1. The quantitative estimate of drug-likeness (QED) is 0.453. The van der Waals surface area contributed by atoms with Crippen LogP contribution in [-0.4, -0.2) is 64.5 Å². The number of rotatable bonds is 8. The normalized spacial score (nSPS) is 18.4. The first-order valence-electron chi connectivity index (χ1n) is 8.42. The molecule has 1 heterocycles. The maximum Gasteiger partial charge on any atom is 0.193 e. The second kappa shape index (κ2) is 10.2. The molecule has 5 heteroatoms. The van der Waals surface area contributed by atoms with E-state index in [1.807, 2.05) is 7.05 Å². The van der Waals surface area contributed by atoms with Gasteiger partial charge in [-0.3, -0.25) is 4.99 Å². The molecule has 1 atom stereocenters. The van der Waals surface area contributed by atoms with Crippen LogP contribution in [0.15, 0.2) is 35.3 Å². The summed E-state index contributed by atoms with van der Waals surface area (Å²) >= 11 is 0. The van der Waals surface area contributed by atoms with E-state index in [2.05, 4.69) is 45.5 Å². The molecule has 1 saturated heterocycles. The predicted octanol–water partition coefficient (Wildman–Crippen LogP) is 2.10. The van der Waals surface area contributed by atoms with Crippen molar-refractivity contribution in [3.8, 4) is 0 Å². The smallest absolute Gasteiger partial charge is 0.193 e. The maximum atomic E-state index is 5.47. The zero-order valence-electron chi connectivity index (χ0n) is 14.3. The lowest BCUT2D eigenvalue weighted by atomic mass is 9.99. The molecule has 0 saturated carbocycles. The summed E-state index contributed by atoms with van der Waals surface area (Å²) in [5.41, 5.74) is 1.43. The van der Waals surface area contributed by atoms with Crippen LogP contribution in [0.3, 0.4) is 0 Å². The van der Waals surface area contributed by atoms with E-state index in [1.165, 1.54) is 12.0 Å². The van der Waals surface area contributed by atoms with Crippen molar-refractivity contribution >= 4 is 5.96 Å². The van der Waals surface area contributed by atoms with Gasteiger partial charge in [-0.15, -0.1) is 0 Å². The third-order valence-electron chi connectivity index (χ3n) is 4.15. The van der Waals surface area contributed by atoms with E-state index in [1.54, 1.807) is 7.11 Å². The molecule has 0 aliphatic carbocycles. The second-order valence-corrected chi connectivity index (χ2v) is 5.78. The zero-order valence-corrected chi connectivity index (χ0v) is 14.3. The van der Waals surface area contributed by atoms with E-state index in [9.17, 15) is 0 Å². The lowest BCUT2D eigenvalue weighted by Crippen LogP contribution is -2.40. The summed E-state index contributed by atoms with van der Waals surface area (Å²) in [6.45, 7) is 5.05. The Morgan fingerprint density at radius 2 is 2.09 bits per heavy atom.